The number of rotatable bonds is 9. The number of hydrogen-bond acceptors (Lipinski definition) is 4. The lowest BCUT2D eigenvalue weighted by Gasteiger charge is -2.14. The Hall–Kier alpha value is -1.60. The van der Waals surface area contributed by atoms with E-state index in [1.165, 1.54) is 31.0 Å². The largest absolute Gasteiger partial charge is 0.480 e. The van der Waals surface area contributed by atoms with Crippen LogP contribution < -0.4 is 5.32 Å². The van der Waals surface area contributed by atoms with Crippen molar-refractivity contribution < 1.29 is 23.8 Å². The van der Waals surface area contributed by atoms with Crippen molar-refractivity contribution >= 4 is 23.6 Å². The normalized spacial score (nSPS) is 11.9. The molecule has 1 amide bonds. The first-order chi connectivity index (χ1) is 10.0. The van der Waals surface area contributed by atoms with Crippen LogP contribution in [0.1, 0.15) is 12.8 Å². The lowest BCUT2D eigenvalue weighted by atomic mass is 10.1. The Morgan fingerprint density at radius 2 is 2.05 bits per heavy atom. The van der Waals surface area contributed by atoms with Crippen LogP contribution >= 0.6 is 11.8 Å². The van der Waals surface area contributed by atoms with E-state index in [2.05, 4.69) is 5.32 Å². The maximum atomic E-state index is 12.7. The maximum Gasteiger partial charge on any atom is 0.326 e. The molecule has 0 radical (unpaired) electrons. The molecule has 0 bridgehead atoms. The summed E-state index contributed by atoms with van der Waals surface area (Å²) in [5, 5.41) is 11.5. The summed E-state index contributed by atoms with van der Waals surface area (Å²) in [6.07, 6.45) is 0.870. The summed E-state index contributed by atoms with van der Waals surface area (Å²) in [6.45, 7) is 0.448. The second-order valence-electron chi connectivity index (χ2n) is 4.34. The molecule has 0 saturated heterocycles. The number of carboxylic acid groups (broad SMARTS) is 1. The standard InChI is InChI=1S/C14H18FNO4S/c1-20-8-2-3-12(14(18)19)16-13(17)9-21-11-6-4-10(15)5-7-11/h4-7,12H,2-3,8-9H2,1H3,(H,16,17)(H,18,19). The SMILES string of the molecule is COCCCC(NC(=O)CSc1ccc(F)cc1)C(=O)O. The van der Waals surface area contributed by atoms with E-state index in [1.807, 2.05) is 0 Å². The third-order valence-corrected chi connectivity index (χ3v) is 3.67. The van der Waals surface area contributed by atoms with E-state index in [-0.39, 0.29) is 17.5 Å². The first-order valence-corrected chi connectivity index (χ1v) is 7.41. The summed E-state index contributed by atoms with van der Waals surface area (Å²) in [4.78, 5) is 23.5. The Labute approximate surface area is 126 Å². The highest BCUT2D eigenvalue weighted by molar-refractivity contribution is 8.00. The summed E-state index contributed by atoms with van der Waals surface area (Å²) in [5.41, 5.74) is 0. The molecule has 1 unspecified atom stereocenters. The minimum atomic E-state index is -1.06. The molecular formula is C14H18FNO4S. The number of methoxy groups -OCH3 is 1. The van der Waals surface area contributed by atoms with Crippen LogP contribution in [-0.2, 0) is 14.3 Å². The predicted octanol–water partition coefficient (Wildman–Crippen LogP) is 1.91. The van der Waals surface area contributed by atoms with E-state index < -0.39 is 12.0 Å². The Morgan fingerprint density at radius 1 is 1.38 bits per heavy atom. The van der Waals surface area contributed by atoms with Gasteiger partial charge in [-0.2, -0.15) is 0 Å². The Morgan fingerprint density at radius 3 is 2.62 bits per heavy atom. The van der Waals surface area contributed by atoms with Gasteiger partial charge in [-0.3, -0.25) is 4.79 Å². The quantitative estimate of drug-likeness (QED) is 0.538. The fraction of sp³-hybridized carbons (Fsp3) is 0.429. The van der Waals surface area contributed by atoms with Gasteiger partial charge in [-0.1, -0.05) is 0 Å². The van der Waals surface area contributed by atoms with Gasteiger partial charge in [-0.05, 0) is 37.1 Å². The molecule has 0 aliphatic carbocycles. The molecule has 0 spiro atoms. The molecule has 0 aromatic heterocycles. The highest BCUT2D eigenvalue weighted by Gasteiger charge is 2.19. The summed E-state index contributed by atoms with van der Waals surface area (Å²) in [7, 11) is 1.54. The van der Waals surface area contributed by atoms with Gasteiger partial charge in [0.15, 0.2) is 0 Å². The zero-order valence-electron chi connectivity index (χ0n) is 11.7. The third-order valence-electron chi connectivity index (χ3n) is 2.66. The lowest BCUT2D eigenvalue weighted by Crippen LogP contribution is -2.41. The first-order valence-electron chi connectivity index (χ1n) is 6.42. The monoisotopic (exact) mass is 315 g/mol. The van der Waals surface area contributed by atoms with Gasteiger partial charge in [-0.15, -0.1) is 11.8 Å². The molecular weight excluding hydrogens is 297 g/mol. The van der Waals surface area contributed by atoms with Crippen molar-refractivity contribution in [2.75, 3.05) is 19.5 Å². The summed E-state index contributed by atoms with van der Waals surface area (Å²) in [6, 6.07) is 4.85. The number of carboxylic acids is 1. The highest BCUT2D eigenvalue weighted by atomic mass is 32.2. The molecule has 1 atom stereocenters. The van der Waals surface area contributed by atoms with Crippen LogP contribution in [0.25, 0.3) is 0 Å². The molecule has 0 heterocycles. The average Bonchev–Trinajstić information content (AvgIpc) is 2.45. The highest BCUT2D eigenvalue weighted by Crippen LogP contribution is 2.17. The summed E-state index contributed by atoms with van der Waals surface area (Å²) in [5.74, 6) is -1.69. The molecule has 21 heavy (non-hydrogen) atoms. The molecule has 0 aliphatic heterocycles. The molecule has 1 rings (SSSR count). The number of benzene rings is 1. The number of hydrogen-bond donors (Lipinski definition) is 2. The third kappa shape index (κ3) is 7.10. The fourth-order valence-electron chi connectivity index (χ4n) is 1.60. The van der Waals surface area contributed by atoms with Gasteiger partial charge in [0.1, 0.15) is 11.9 Å². The number of amides is 1. The minimum Gasteiger partial charge on any atom is -0.480 e. The molecule has 5 nitrogen and oxygen atoms in total. The van der Waals surface area contributed by atoms with Crippen LogP contribution in [-0.4, -0.2) is 42.5 Å². The number of halogens is 1. The van der Waals surface area contributed by atoms with Crippen LogP contribution in [0.15, 0.2) is 29.2 Å². The Bertz CT molecular complexity index is 467. The molecule has 2 N–H and O–H groups in total. The van der Waals surface area contributed by atoms with Crippen LogP contribution in [0.2, 0.25) is 0 Å². The molecule has 0 fully saturated rings. The van der Waals surface area contributed by atoms with Crippen LogP contribution in [0.3, 0.4) is 0 Å². The van der Waals surface area contributed by atoms with E-state index in [9.17, 15) is 14.0 Å². The molecule has 0 saturated carbocycles. The van der Waals surface area contributed by atoms with Crippen LogP contribution in [0, 0.1) is 5.82 Å². The van der Waals surface area contributed by atoms with Crippen molar-refractivity contribution in [1.29, 1.82) is 0 Å². The zero-order chi connectivity index (χ0) is 15.7. The summed E-state index contributed by atoms with van der Waals surface area (Å²) < 4.78 is 17.6. The van der Waals surface area contributed by atoms with E-state index in [4.69, 9.17) is 9.84 Å². The number of aliphatic carboxylic acids is 1. The molecule has 0 aliphatic rings. The average molecular weight is 315 g/mol. The van der Waals surface area contributed by atoms with Gasteiger partial charge in [0.2, 0.25) is 5.91 Å². The van der Waals surface area contributed by atoms with E-state index >= 15 is 0 Å². The van der Waals surface area contributed by atoms with Gasteiger partial charge < -0.3 is 15.2 Å². The van der Waals surface area contributed by atoms with E-state index in [0.29, 0.717) is 19.4 Å². The van der Waals surface area contributed by atoms with Crippen molar-refractivity contribution in [3.05, 3.63) is 30.1 Å². The Kier molecular flexibility index (Phi) is 7.78. The van der Waals surface area contributed by atoms with Gasteiger partial charge in [0, 0.05) is 18.6 Å². The van der Waals surface area contributed by atoms with Gasteiger partial charge in [0.25, 0.3) is 0 Å². The molecule has 1 aromatic rings. The number of ether oxygens (including phenoxy) is 1. The number of carbonyl (C=O) groups excluding carboxylic acids is 1. The molecule has 1 aromatic carbocycles. The number of nitrogens with one attached hydrogen (secondary N) is 1. The van der Waals surface area contributed by atoms with Gasteiger partial charge >= 0.3 is 5.97 Å². The van der Waals surface area contributed by atoms with Crippen molar-refractivity contribution in [1.82, 2.24) is 5.32 Å². The van der Waals surface area contributed by atoms with E-state index in [0.717, 1.165) is 4.90 Å². The minimum absolute atomic E-state index is 0.0830. The first kappa shape index (κ1) is 17.5. The van der Waals surface area contributed by atoms with Gasteiger partial charge in [-0.25, -0.2) is 9.18 Å². The topological polar surface area (TPSA) is 75.6 Å². The van der Waals surface area contributed by atoms with Crippen molar-refractivity contribution in [2.45, 2.75) is 23.8 Å². The number of thioether (sulfide) groups is 1. The number of carbonyl (C=O) groups is 2. The maximum absolute atomic E-state index is 12.7. The van der Waals surface area contributed by atoms with Crippen molar-refractivity contribution in [3.63, 3.8) is 0 Å². The molecule has 7 heteroatoms. The smallest absolute Gasteiger partial charge is 0.326 e. The zero-order valence-corrected chi connectivity index (χ0v) is 12.5. The second-order valence-corrected chi connectivity index (χ2v) is 5.38. The molecule has 116 valence electrons. The second kappa shape index (κ2) is 9.36. The van der Waals surface area contributed by atoms with Gasteiger partial charge in [0.05, 0.1) is 5.75 Å². The van der Waals surface area contributed by atoms with E-state index in [1.54, 1.807) is 12.1 Å². The van der Waals surface area contributed by atoms with Crippen molar-refractivity contribution in [3.8, 4) is 0 Å². The fourth-order valence-corrected chi connectivity index (χ4v) is 2.31. The predicted molar refractivity (Wildman–Crippen MR) is 77.8 cm³/mol. The Balaban J connectivity index is 2.39. The van der Waals surface area contributed by atoms with Crippen LogP contribution in [0.5, 0.6) is 0 Å². The van der Waals surface area contributed by atoms with Crippen LogP contribution in [0.4, 0.5) is 4.39 Å². The lowest BCUT2D eigenvalue weighted by molar-refractivity contribution is -0.141. The summed E-state index contributed by atoms with van der Waals surface area (Å²) >= 11 is 1.22. The van der Waals surface area contributed by atoms with Crippen molar-refractivity contribution in [2.24, 2.45) is 0 Å².